The van der Waals surface area contributed by atoms with Crippen LogP contribution in [-0.4, -0.2) is 11.9 Å². The summed E-state index contributed by atoms with van der Waals surface area (Å²) in [5.41, 5.74) is 0. The van der Waals surface area contributed by atoms with Gasteiger partial charge in [-0.1, -0.05) is 18.2 Å². The monoisotopic (exact) mass is 246 g/mol. The highest BCUT2D eigenvalue weighted by atomic mass is 32.1. The number of thiophene rings is 1. The zero-order chi connectivity index (χ0) is 12.3. The summed E-state index contributed by atoms with van der Waals surface area (Å²) < 4.78 is 5.36. The molecule has 0 amide bonds. The Kier molecular flexibility index (Phi) is 3.35. The van der Waals surface area contributed by atoms with Gasteiger partial charge in [-0.2, -0.15) is 0 Å². The lowest BCUT2D eigenvalue weighted by Gasteiger charge is -1.82. The highest BCUT2D eigenvalue weighted by Crippen LogP contribution is 2.23. The summed E-state index contributed by atoms with van der Waals surface area (Å²) in [4.78, 5) is 21.2. The minimum atomic E-state index is -0.579. The number of rotatable bonds is 0. The molecule has 3 nitrogen and oxygen atoms in total. The van der Waals surface area contributed by atoms with Gasteiger partial charge in [0, 0.05) is 21.7 Å². The van der Waals surface area contributed by atoms with Crippen molar-refractivity contribution in [2.75, 3.05) is 0 Å². The molecule has 4 heteroatoms. The molecule has 2 heterocycles. The van der Waals surface area contributed by atoms with Gasteiger partial charge in [-0.3, -0.25) is 0 Å². The van der Waals surface area contributed by atoms with Crippen LogP contribution in [0.3, 0.4) is 0 Å². The molecule has 0 unspecified atom stereocenters. The summed E-state index contributed by atoms with van der Waals surface area (Å²) in [5, 5.41) is 1.37. The average Bonchev–Trinajstić information content (AvgIpc) is 2.83. The summed E-state index contributed by atoms with van der Waals surface area (Å²) in [6.07, 6.45) is 2.17. The van der Waals surface area contributed by atoms with Crippen molar-refractivity contribution in [1.82, 2.24) is 0 Å². The van der Waals surface area contributed by atoms with E-state index in [-0.39, 0.29) is 0 Å². The van der Waals surface area contributed by atoms with E-state index in [1.165, 1.54) is 15.0 Å². The Morgan fingerprint density at radius 1 is 1.06 bits per heavy atom. The molecule has 1 aliphatic heterocycles. The van der Waals surface area contributed by atoms with E-state index in [9.17, 15) is 9.59 Å². The standard InChI is InChI=1S/C9H8S.C4H2O3/c1-7-6-8-4-2-3-5-9(8)10-7;5-3-1-2-4(6)7-3/h2-6H,1H3;1-2H. The molecule has 0 atom stereocenters. The third-order valence-corrected chi connectivity index (χ3v) is 3.14. The Morgan fingerprint density at radius 2 is 1.71 bits per heavy atom. The second-order valence-electron chi connectivity index (χ2n) is 3.47. The predicted octanol–water partition coefficient (Wildman–Crippen LogP) is 2.84. The Bertz CT molecular complexity index is 546. The van der Waals surface area contributed by atoms with Crippen LogP contribution < -0.4 is 0 Å². The van der Waals surface area contributed by atoms with Crippen molar-refractivity contribution in [2.24, 2.45) is 0 Å². The van der Waals surface area contributed by atoms with Gasteiger partial charge in [0.1, 0.15) is 0 Å². The minimum Gasteiger partial charge on any atom is -0.387 e. The molecular weight excluding hydrogens is 236 g/mol. The number of benzene rings is 1. The van der Waals surface area contributed by atoms with Gasteiger partial charge < -0.3 is 4.74 Å². The number of hydrogen-bond acceptors (Lipinski definition) is 4. The molecule has 0 saturated carbocycles. The molecule has 0 fully saturated rings. The number of ether oxygens (including phenoxy) is 1. The first-order chi connectivity index (χ1) is 8.15. The van der Waals surface area contributed by atoms with Crippen LogP contribution >= 0.6 is 11.3 Å². The number of aryl methyl sites for hydroxylation is 1. The first-order valence-electron chi connectivity index (χ1n) is 5.04. The molecule has 0 N–H and O–H groups in total. The fourth-order valence-electron chi connectivity index (χ4n) is 1.42. The maximum atomic E-state index is 9.92. The van der Waals surface area contributed by atoms with Gasteiger partial charge in [0.15, 0.2) is 0 Å². The zero-order valence-electron chi connectivity index (χ0n) is 9.17. The Balaban J connectivity index is 0.000000136. The smallest absolute Gasteiger partial charge is 0.338 e. The van der Waals surface area contributed by atoms with Gasteiger partial charge >= 0.3 is 11.9 Å². The molecule has 0 aliphatic carbocycles. The van der Waals surface area contributed by atoms with Crippen LogP contribution in [-0.2, 0) is 14.3 Å². The van der Waals surface area contributed by atoms with Crippen molar-refractivity contribution in [3.05, 3.63) is 47.4 Å². The molecule has 1 aromatic carbocycles. The highest BCUT2D eigenvalue weighted by molar-refractivity contribution is 7.19. The third-order valence-electron chi connectivity index (χ3n) is 2.11. The first kappa shape index (κ1) is 11.5. The Labute approximate surface area is 102 Å². The Hall–Kier alpha value is -1.94. The van der Waals surface area contributed by atoms with E-state index < -0.39 is 11.9 Å². The van der Waals surface area contributed by atoms with Gasteiger partial charge in [0.2, 0.25) is 0 Å². The second-order valence-corrected chi connectivity index (χ2v) is 4.76. The van der Waals surface area contributed by atoms with Crippen LogP contribution in [0.1, 0.15) is 4.88 Å². The average molecular weight is 246 g/mol. The summed E-state index contributed by atoms with van der Waals surface area (Å²) in [6.45, 7) is 2.14. The maximum Gasteiger partial charge on any atom is 0.338 e. The van der Waals surface area contributed by atoms with E-state index >= 15 is 0 Å². The van der Waals surface area contributed by atoms with Gasteiger partial charge in [-0.25, -0.2) is 9.59 Å². The van der Waals surface area contributed by atoms with Gasteiger partial charge in [-0.05, 0) is 24.4 Å². The molecule has 2 aromatic rings. The lowest BCUT2D eigenvalue weighted by molar-refractivity contribution is -0.150. The summed E-state index contributed by atoms with van der Waals surface area (Å²) in [7, 11) is 0. The van der Waals surface area contributed by atoms with Crippen molar-refractivity contribution in [3.63, 3.8) is 0 Å². The normalized spacial score (nSPS) is 13.5. The Morgan fingerprint density at radius 3 is 2.24 bits per heavy atom. The van der Waals surface area contributed by atoms with Crippen LogP contribution in [0.15, 0.2) is 42.5 Å². The number of cyclic esters (lactones) is 2. The SMILES string of the molecule is Cc1cc2ccccc2s1.O=C1C=CC(=O)O1. The van der Waals surface area contributed by atoms with E-state index in [0.717, 1.165) is 12.2 Å². The molecule has 1 aromatic heterocycles. The van der Waals surface area contributed by atoms with E-state index in [4.69, 9.17) is 0 Å². The van der Waals surface area contributed by atoms with Crippen LogP contribution in [0.5, 0.6) is 0 Å². The summed E-state index contributed by atoms with van der Waals surface area (Å²) in [5.74, 6) is -1.16. The minimum absolute atomic E-state index is 0.579. The van der Waals surface area contributed by atoms with Crippen molar-refractivity contribution < 1.29 is 14.3 Å². The lowest BCUT2D eigenvalue weighted by atomic mass is 10.2. The number of carbonyl (C=O) groups excluding carboxylic acids is 2. The molecule has 3 rings (SSSR count). The van der Waals surface area contributed by atoms with E-state index in [2.05, 4.69) is 42.0 Å². The number of carbonyl (C=O) groups is 2. The molecule has 0 radical (unpaired) electrons. The predicted molar refractivity (Wildman–Crippen MR) is 66.8 cm³/mol. The zero-order valence-corrected chi connectivity index (χ0v) is 9.99. The molecule has 17 heavy (non-hydrogen) atoms. The van der Waals surface area contributed by atoms with Crippen LogP contribution in [0.2, 0.25) is 0 Å². The molecule has 86 valence electrons. The highest BCUT2D eigenvalue weighted by Gasteiger charge is 2.10. The largest absolute Gasteiger partial charge is 0.387 e. The maximum absolute atomic E-state index is 9.92. The topological polar surface area (TPSA) is 43.4 Å². The van der Waals surface area contributed by atoms with Crippen molar-refractivity contribution in [3.8, 4) is 0 Å². The van der Waals surface area contributed by atoms with E-state index in [0.29, 0.717) is 0 Å². The van der Waals surface area contributed by atoms with Crippen LogP contribution in [0.4, 0.5) is 0 Å². The molecule has 0 saturated heterocycles. The fraction of sp³-hybridized carbons (Fsp3) is 0.0769. The van der Waals surface area contributed by atoms with Gasteiger partial charge in [0.25, 0.3) is 0 Å². The number of esters is 2. The molecule has 0 spiro atoms. The molecule has 1 aliphatic rings. The summed E-state index contributed by atoms with van der Waals surface area (Å²) in [6, 6.07) is 10.7. The number of fused-ring (bicyclic) bond motifs is 1. The first-order valence-corrected chi connectivity index (χ1v) is 5.86. The second kappa shape index (κ2) is 4.93. The quantitative estimate of drug-likeness (QED) is 0.530. The van der Waals surface area contributed by atoms with E-state index in [1.54, 1.807) is 0 Å². The van der Waals surface area contributed by atoms with Crippen molar-refractivity contribution in [2.45, 2.75) is 6.92 Å². The number of hydrogen-bond donors (Lipinski definition) is 0. The molecule has 0 bridgehead atoms. The van der Waals surface area contributed by atoms with Gasteiger partial charge in [0.05, 0.1) is 0 Å². The van der Waals surface area contributed by atoms with E-state index in [1.807, 2.05) is 11.3 Å². The van der Waals surface area contributed by atoms with Crippen LogP contribution in [0, 0.1) is 6.92 Å². The van der Waals surface area contributed by atoms with Crippen molar-refractivity contribution in [1.29, 1.82) is 0 Å². The molecular formula is C13H10O3S. The van der Waals surface area contributed by atoms with Gasteiger partial charge in [-0.15, -0.1) is 11.3 Å². The fourth-order valence-corrected chi connectivity index (χ4v) is 2.34. The summed E-state index contributed by atoms with van der Waals surface area (Å²) >= 11 is 1.85. The lowest BCUT2D eigenvalue weighted by Crippen LogP contribution is -1.96. The van der Waals surface area contributed by atoms with Crippen molar-refractivity contribution >= 4 is 33.4 Å². The third kappa shape index (κ3) is 3.01. The van der Waals surface area contributed by atoms with Crippen LogP contribution in [0.25, 0.3) is 10.1 Å².